The van der Waals surface area contributed by atoms with Gasteiger partial charge in [0.05, 0.1) is 6.61 Å². The van der Waals surface area contributed by atoms with Gasteiger partial charge in [0, 0.05) is 40.7 Å². The number of ether oxygens (including phenoxy) is 1. The van der Waals surface area contributed by atoms with Crippen LogP contribution in [-0.4, -0.2) is 31.4 Å². The highest BCUT2D eigenvalue weighted by atomic mass is 32.2. The Labute approximate surface area is 188 Å². The number of hydrogen-bond acceptors (Lipinski definition) is 4. The van der Waals surface area contributed by atoms with Crippen molar-refractivity contribution in [1.29, 1.82) is 0 Å². The molecule has 0 radical (unpaired) electrons. The van der Waals surface area contributed by atoms with Crippen molar-refractivity contribution in [1.82, 2.24) is 0 Å². The summed E-state index contributed by atoms with van der Waals surface area (Å²) < 4.78 is 5.79. The number of hydrogen-bond donors (Lipinski definition) is 1. The summed E-state index contributed by atoms with van der Waals surface area (Å²) in [6.07, 6.45) is 3.83. The molecule has 3 aromatic carbocycles. The van der Waals surface area contributed by atoms with E-state index in [0.29, 0.717) is 12.2 Å². The summed E-state index contributed by atoms with van der Waals surface area (Å²) in [5, 5.41) is 2.98. The highest BCUT2D eigenvalue weighted by molar-refractivity contribution is 7.99. The Bertz CT molecular complexity index is 953. The molecular formula is C26H28N2O2S. The molecule has 1 aliphatic rings. The van der Waals surface area contributed by atoms with Gasteiger partial charge in [-0.2, -0.15) is 0 Å². The number of piperidine rings is 1. The number of nitrogens with one attached hydrogen (secondary N) is 1. The maximum atomic E-state index is 12.6. The number of rotatable bonds is 8. The van der Waals surface area contributed by atoms with Crippen LogP contribution in [0.2, 0.25) is 0 Å². The molecule has 1 amide bonds. The van der Waals surface area contributed by atoms with Crippen molar-refractivity contribution in [2.24, 2.45) is 0 Å². The maximum absolute atomic E-state index is 12.6. The van der Waals surface area contributed by atoms with Crippen LogP contribution in [0.5, 0.6) is 5.75 Å². The minimum atomic E-state index is -0.114. The molecule has 1 saturated heterocycles. The first-order valence-electron chi connectivity index (χ1n) is 10.8. The molecule has 4 nitrogen and oxygen atoms in total. The molecule has 1 heterocycles. The Balaban J connectivity index is 1.24. The number of anilines is 2. The minimum absolute atomic E-state index is 0.114. The minimum Gasteiger partial charge on any atom is -0.493 e. The Hall–Kier alpha value is -2.92. The molecule has 31 heavy (non-hydrogen) atoms. The van der Waals surface area contributed by atoms with E-state index < -0.39 is 0 Å². The first-order valence-corrected chi connectivity index (χ1v) is 11.8. The fourth-order valence-corrected chi connectivity index (χ4v) is 4.40. The average molecular weight is 433 g/mol. The second kappa shape index (κ2) is 10.9. The molecule has 160 valence electrons. The predicted octanol–water partition coefficient (Wildman–Crippen LogP) is 6.10. The third-order valence-electron chi connectivity index (χ3n) is 5.33. The van der Waals surface area contributed by atoms with Crippen LogP contribution in [0.25, 0.3) is 0 Å². The van der Waals surface area contributed by atoms with Crippen LogP contribution < -0.4 is 15.0 Å². The number of carbonyl (C=O) groups excluding carboxylic acids is 1. The van der Waals surface area contributed by atoms with Crippen LogP contribution in [0.15, 0.2) is 83.8 Å². The smallest absolute Gasteiger partial charge is 0.255 e. The van der Waals surface area contributed by atoms with Crippen molar-refractivity contribution in [2.45, 2.75) is 24.2 Å². The van der Waals surface area contributed by atoms with Gasteiger partial charge in [0.2, 0.25) is 0 Å². The van der Waals surface area contributed by atoms with E-state index in [2.05, 4.69) is 34.5 Å². The molecule has 5 heteroatoms. The standard InChI is InChI=1S/C26H28N2O2S/c29-26(27-22-11-13-23(14-12-22)28-17-5-2-6-18-28)21-9-15-24(16-10-21)30-19-20-31-25-7-3-1-4-8-25/h1,3-4,7-16H,2,5-6,17-20H2,(H,27,29). The van der Waals surface area contributed by atoms with Gasteiger partial charge in [0.15, 0.2) is 0 Å². The first kappa shape index (κ1) is 21.3. The van der Waals surface area contributed by atoms with Crippen LogP contribution >= 0.6 is 11.8 Å². The summed E-state index contributed by atoms with van der Waals surface area (Å²) in [5.74, 6) is 1.53. The first-order chi connectivity index (χ1) is 15.3. The van der Waals surface area contributed by atoms with Crippen LogP contribution in [0, 0.1) is 0 Å². The van der Waals surface area contributed by atoms with E-state index in [-0.39, 0.29) is 5.91 Å². The van der Waals surface area contributed by atoms with Gasteiger partial charge in [-0.15, -0.1) is 11.8 Å². The molecule has 1 aliphatic heterocycles. The molecule has 0 bridgehead atoms. The topological polar surface area (TPSA) is 41.6 Å². The monoisotopic (exact) mass is 432 g/mol. The summed E-state index contributed by atoms with van der Waals surface area (Å²) in [7, 11) is 0. The van der Waals surface area contributed by atoms with Gasteiger partial charge < -0.3 is 15.0 Å². The van der Waals surface area contributed by atoms with Crippen LogP contribution in [0.4, 0.5) is 11.4 Å². The van der Waals surface area contributed by atoms with Gasteiger partial charge in [-0.1, -0.05) is 18.2 Å². The number of benzene rings is 3. The van der Waals surface area contributed by atoms with E-state index in [1.807, 2.05) is 42.5 Å². The maximum Gasteiger partial charge on any atom is 0.255 e. The number of carbonyl (C=O) groups is 1. The SMILES string of the molecule is O=C(Nc1ccc(N2CCCCC2)cc1)c1ccc(OCCSc2ccccc2)cc1. The van der Waals surface area contributed by atoms with E-state index in [1.165, 1.54) is 29.8 Å². The molecule has 0 spiro atoms. The third kappa shape index (κ3) is 6.28. The number of thioether (sulfide) groups is 1. The van der Waals surface area contributed by atoms with Gasteiger partial charge in [0.1, 0.15) is 5.75 Å². The Morgan fingerprint density at radius 1 is 0.871 bits per heavy atom. The van der Waals surface area contributed by atoms with Crippen molar-refractivity contribution in [3.63, 3.8) is 0 Å². The lowest BCUT2D eigenvalue weighted by Crippen LogP contribution is -2.29. The largest absolute Gasteiger partial charge is 0.493 e. The fourth-order valence-electron chi connectivity index (χ4n) is 3.65. The van der Waals surface area contributed by atoms with Crippen LogP contribution in [0.3, 0.4) is 0 Å². The van der Waals surface area contributed by atoms with E-state index in [4.69, 9.17) is 4.74 Å². The van der Waals surface area contributed by atoms with Crippen molar-refractivity contribution >= 4 is 29.0 Å². The van der Waals surface area contributed by atoms with Crippen molar-refractivity contribution < 1.29 is 9.53 Å². The zero-order valence-electron chi connectivity index (χ0n) is 17.6. The van der Waals surface area contributed by atoms with Gasteiger partial charge in [0.25, 0.3) is 5.91 Å². The molecule has 3 aromatic rings. The fraction of sp³-hybridized carbons (Fsp3) is 0.269. The summed E-state index contributed by atoms with van der Waals surface area (Å²) in [5.41, 5.74) is 2.65. The van der Waals surface area contributed by atoms with E-state index >= 15 is 0 Å². The van der Waals surface area contributed by atoms with Gasteiger partial charge in [-0.05, 0) is 79.9 Å². The van der Waals surface area contributed by atoms with Crippen LogP contribution in [-0.2, 0) is 0 Å². The summed E-state index contributed by atoms with van der Waals surface area (Å²) >= 11 is 1.77. The number of amides is 1. The molecule has 0 aliphatic carbocycles. The Morgan fingerprint density at radius 2 is 1.58 bits per heavy atom. The summed E-state index contributed by atoms with van der Waals surface area (Å²) in [4.78, 5) is 16.2. The third-order valence-corrected chi connectivity index (χ3v) is 6.30. The molecular weight excluding hydrogens is 404 g/mol. The second-order valence-corrected chi connectivity index (χ2v) is 8.75. The van der Waals surface area contributed by atoms with Crippen molar-refractivity contribution in [2.75, 3.05) is 35.7 Å². The average Bonchev–Trinajstić information content (AvgIpc) is 2.84. The number of nitrogens with zero attached hydrogens (tertiary/aromatic N) is 1. The highest BCUT2D eigenvalue weighted by Gasteiger charge is 2.11. The van der Waals surface area contributed by atoms with Gasteiger partial charge in [-0.25, -0.2) is 0 Å². The predicted molar refractivity (Wildman–Crippen MR) is 130 cm³/mol. The highest BCUT2D eigenvalue weighted by Crippen LogP contribution is 2.22. The molecule has 0 unspecified atom stereocenters. The summed E-state index contributed by atoms with van der Waals surface area (Å²) in [6, 6.07) is 25.7. The van der Waals surface area contributed by atoms with E-state index in [1.54, 1.807) is 23.9 Å². The van der Waals surface area contributed by atoms with Gasteiger partial charge in [-0.3, -0.25) is 4.79 Å². The lowest BCUT2D eigenvalue weighted by molar-refractivity contribution is 0.102. The zero-order valence-corrected chi connectivity index (χ0v) is 18.4. The quantitative estimate of drug-likeness (QED) is 0.345. The molecule has 0 aromatic heterocycles. The molecule has 0 atom stereocenters. The van der Waals surface area contributed by atoms with E-state index in [9.17, 15) is 4.79 Å². The second-order valence-electron chi connectivity index (χ2n) is 7.58. The Morgan fingerprint density at radius 3 is 2.29 bits per heavy atom. The molecule has 1 N–H and O–H groups in total. The molecule has 1 fully saturated rings. The lowest BCUT2D eigenvalue weighted by Gasteiger charge is -2.28. The Kier molecular flexibility index (Phi) is 7.51. The van der Waals surface area contributed by atoms with Crippen LogP contribution in [0.1, 0.15) is 29.6 Å². The van der Waals surface area contributed by atoms with Crippen molar-refractivity contribution in [3.8, 4) is 5.75 Å². The molecule has 0 saturated carbocycles. The molecule has 4 rings (SSSR count). The summed E-state index contributed by atoms with van der Waals surface area (Å²) in [6.45, 7) is 2.85. The lowest BCUT2D eigenvalue weighted by atomic mass is 10.1. The zero-order chi connectivity index (χ0) is 21.3. The van der Waals surface area contributed by atoms with E-state index in [0.717, 1.165) is 30.3 Å². The van der Waals surface area contributed by atoms with Gasteiger partial charge >= 0.3 is 0 Å². The normalized spacial score (nSPS) is 13.6. The van der Waals surface area contributed by atoms with Crippen molar-refractivity contribution in [3.05, 3.63) is 84.4 Å².